The van der Waals surface area contributed by atoms with Crippen molar-refractivity contribution in [2.45, 2.75) is 25.6 Å². The van der Waals surface area contributed by atoms with Crippen molar-refractivity contribution in [1.82, 2.24) is 4.90 Å². The minimum atomic E-state index is -2.91. The Balaban J connectivity index is 2.04. The van der Waals surface area contributed by atoms with Gasteiger partial charge in [-0.15, -0.1) is 0 Å². The maximum atomic E-state index is 12.2. The van der Waals surface area contributed by atoms with Crippen LogP contribution in [-0.2, 0) is 11.2 Å². The van der Waals surface area contributed by atoms with Crippen LogP contribution in [0.15, 0.2) is 24.3 Å². The number of nitrogens with zero attached hydrogens (tertiary/aromatic N) is 1. The molecule has 0 spiro atoms. The number of hydrogen-bond donors (Lipinski definition) is 1. The first-order valence-corrected chi connectivity index (χ1v) is 6.05. The van der Waals surface area contributed by atoms with E-state index in [1.807, 2.05) is 0 Å². The molecule has 1 amide bonds. The van der Waals surface area contributed by atoms with Crippen molar-refractivity contribution < 1.29 is 23.4 Å². The summed E-state index contributed by atoms with van der Waals surface area (Å²) in [7, 11) is 0. The van der Waals surface area contributed by atoms with Gasteiger partial charge in [0.05, 0.1) is 12.5 Å². The molecule has 1 fully saturated rings. The van der Waals surface area contributed by atoms with E-state index >= 15 is 0 Å². The highest BCUT2D eigenvalue weighted by Gasteiger charge is 2.25. The summed E-state index contributed by atoms with van der Waals surface area (Å²) in [5.41, 5.74) is 0.425. The molecule has 1 N–H and O–H groups in total. The molecule has 1 aliphatic rings. The minimum Gasteiger partial charge on any atom is -0.435 e. The third-order valence-electron chi connectivity index (χ3n) is 3.05. The van der Waals surface area contributed by atoms with Crippen molar-refractivity contribution in [1.29, 1.82) is 0 Å². The molecule has 1 heterocycles. The molecule has 1 atom stereocenters. The fourth-order valence-corrected chi connectivity index (χ4v) is 2.10. The van der Waals surface area contributed by atoms with Gasteiger partial charge in [-0.1, -0.05) is 18.2 Å². The Kier molecular flexibility index (Phi) is 4.31. The molecule has 0 aromatic heterocycles. The molecule has 2 rings (SSSR count). The summed E-state index contributed by atoms with van der Waals surface area (Å²) in [6.45, 7) is -2.11. The summed E-state index contributed by atoms with van der Waals surface area (Å²) in [4.78, 5) is 13.5. The van der Waals surface area contributed by atoms with Crippen LogP contribution in [0.3, 0.4) is 0 Å². The van der Waals surface area contributed by atoms with Crippen LogP contribution in [0.1, 0.15) is 12.0 Å². The maximum absolute atomic E-state index is 12.2. The summed E-state index contributed by atoms with van der Waals surface area (Å²) < 4.78 is 28.9. The number of β-amino-alcohol motifs (C(OH)–C–C–N with tert-alkyl or cyclic N) is 1. The summed E-state index contributed by atoms with van der Waals surface area (Å²) in [6.07, 6.45) is 0.0628. The Hall–Kier alpha value is -1.69. The van der Waals surface area contributed by atoms with Crippen LogP contribution < -0.4 is 4.74 Å². The molecule has 4 nitrogen and oxygen atoms in total. The van der Waals surface area contributed by atoms with Crippen molar-refractivity contribution in [2.24, 2.45) is 0 Å². The van der Waals surface area contributed by atoms with Gasteiger partial charge in [0.25, 0.3) is 0 Å². The number of likely N-dealkylation sites (tertiary alicyclic amines) is 1. The van der Waals surface area contributed by atoms with Crippen LogP contribution in [0, 0.1) is 0 Å². The molecule has 1 aromatic carbocycles. The molecule has 19 heavy (non-hydrogen) atoms. The van der Waals surface area contributed by atoms with Crippen LogP contribution in [0.2, 0.25) is 0 Å². The van der Waals surface area contributed by atoms with Gasteiger partial charge < -0.3 is 14.7 Å². The van der Waals surface area contributed by atoms with Crippen molar-refractivity contribution >= 4 is 5.91 Å². The highest BCUT2D eigenvalue weighted by molar-refractivity contribution is 5.79. The predicted octanol–water partition coefficient (Wildman–Crippen LogP) is 1.42. The second-order valence-electron chi connectivity index (χ2n) is 4.45. The van der Waals surface area contributed by atoms with Crippen LogP contribution in [0.25, 0.3) is 0 Å². The van der Waals surface area contributed by atoms with Gasteiger partial charge in [0.1, 0.15) is 5.75 Å². The second-order valence-corrected chi connectivity index (χ2v) is 4.45. The lowest BCUT2D eigenvalue weighted by Gasteiger charge is -2.16. The van der Waals surface area contributed by atoms with E-state index < -0.39 is 12.7 Å². The number of rotatable bonds is 4. The number of alkyl halides is 2. The van der Waals surface area contributed by atoms with E-state index in [2.05, 4.69) is 4.74 Å². The van der Waals surface area contributed by atoms with Crippen molar-refractivity contribution in [3.63, 3.8) is 0 Å². The quantitative estimate of drug-likeness (QED) is 0.901. The SMILES string of the molecule is O=C(Cc1ccccc1OC(F)F)N1CC[C@@H](O)C1. The normalized spacial score (nSPS) is 18.9. The van der Waals surface area contributed by atoms with E-state index in [9.17, 15) is 18.7 Å². The Bertz CT molecular complexity index is 453. The van der Waals surface area contributed by atoms with Crippen LogP contribution in [0.5, 0.6) is 5.75 Å². The molecule has 1 saturated heterocycles. The average Bonchev–Trinajstić information content (AvgIpc) is 2.78. The zero-order chi connectivity index (χ0) is 13.8. The Morgan fingerprint density at radius 1 is 1.47 bits per heavy atom. The summed E-state index contributed by atoms with van der Waals surface area (Å²) in [5.74, 6) is -0.174. The molecule has 0 bridgehead atoms. The smallest absolute Gasteiger partial charge is 0.387 e. The third kappa shape index (κ3) is 3.64. The molecule has 1 aromatic rings. The minimum absolute atomic E-state index is 0.00435. The van der Waals surface area contributed by atoms with E-state index in [0.29, 0.717) is 25.1 Å². The predicted molar refractivity (Wildman–Crippen MR) is 64.0 cm³/mol. The number of carbonyl (C=O) groups excluding carboxylic acids is 1. The summed E-state index contributed by atoms with van der Waals surface area (Å²) in [6, 6.07) is 6.24. The molecule has 0 radical (unpaired) electrons. The number of amides is 1. The number of carbonyl (C=O) groups is 1. The topological polar surface area (TPSA) is 49.8 Å². The first-order valence-electron chi connectivity index (χ1n) is 6.05. The standard InChI is InChI=1S/C13H15F2NO3/c14-13(15)19-11-4-2-1-3-9(11)7-12(18)16-6-5-10(17)8-16/h1-4,10,13,17H,5-8H2/t10-/m1/s1. The largest absolute Gasteiger partial charge is 0.435 e. The number of aliphatic hydroxyl groups excluding tert-OH is 1. The van der Waals surface area contributed by atoms with Gasteiger partial charge in [0, 0.05) is 18.7 Å². The number of para-hydroxylation sites is 1. The van der Waals surface area contributed by atoms with Crippen LogP contribution in [-0.4, -0.2) is 41.7 Å². The lowest BCUT2D eigenvalue weighted by molar-refractivity contribution is -0.129. The van der Waals surface area contributed by atoms with Gasteiger partial charge in [-0.25, -0.2) is 0 Å². The Labute approximate surface area is 109 Å². The van der Waals surface area contributed by atoms with Gasteiger partial charge in [-0.05, 0) is 12.5 Å². The molecular formula is C13H15F2NO3. The fraction of sp³-hybridized carbons (Fsp3) is 0.462. The molecule has 0 unspecified atom stereocenters. The fourth-order valence-electron chi connectivity index (χ4n) is 2.10. The third-order valence-corrected chi connectivity index (χ3v) is 3.05. The monoisotopic (exact) mass is 271 g/mol. The Morgan fingerprint density at radius 2 is 2.21 bits per heavy atom. The first kappa shape index (κ1) is 13.7. The molecule has 0 saturated carbocycles. The van der Waals surface area contributed by atoms with Gasteiger partial charge in [-0.3, -0.25) is 4.79 Å². The van der Waals surface area contributed by atoms with Gasteiger partial charge in [0.2, 0.25) is 5.91 Å². The summed E-state index contributed by atoms with van der Waals surface area (Å²) in [5, 5.41) is 9.37. The first-order chi connectivity index (χ1) is 9.06. The van der Waals surface area contributed by atoms with E-state index in [4.69, 9.17) is 0 Å². The second kappa shape index (κ2) is 5.97. The van der Waals surface area contributed by atoms with E-state index in [1.165, 1.54) is 11.0 Å². The number of halogens is 2. The van der Waals surface area contributed by atoms with Crippen LogP contribution in [0.4, 0.5) is 8.78 Å². The number of hydrogen-bond acceptors (Lipinski definition) is 3. The zero-order valence-corrected chi connectivity index (χ0v) is 10.3. The highest BCUT2D eigenvalue weighted by Crippen LogP contribution is 2.22. The lowest BCUT2D eigenvalue weighted by Crippen LogP contribution is -2.31. The number of ether oxygens (including phenoxy) is 1. The summed E-state index contributed by atoms with van der Waals surface area (Å²) >= 11 is 0. The Morgan fingerprint density at radius 3 is 2.84 bits per heavy atom. The van der Waals surface area contributed by atoms with Gasteiger partial charge in [-0.2, -0.15) is 8.78 Å². The molecule has 1 aliphatic heterocycles. The molecular weight excluding hydrogens is 256 g/mol. The van der Waals surface area contributed by atoms with E-state index in [1.54, 1.807) is 18.2 Å². The van der Waals surface area contributed by atoms with E-state index in [-0.39, 0.29) is 18.1 Å². The lowest BCUT2D eigenvalue weighted by atomic mass is 10.1. The van der Waals surface area contributed by atoms with Gasteiger partial charge >= 0.3 is 6.61 Å². The number of benzene rings is 1. The average molecular weight is 271 g/mol. The van der Waals surface area contributed by atoms with Gasteiger partial charge in [0.15, 0.2) is 0 Å². The molecule has 0 aliphatic carbocycles. The maximum Gasteiger partial charge on any atom is 0.387 e. The highest BCUT2D eigenvalue weighted by atomic mass is 19.3. The molecule has 104 valence electrons. The van der Waals surface area contributed by atoms with Crippen LogP contribution >= 0.6 is 0 Å². The zero-order valence-electron chi connectivity index (χ0n) is 10.3. The number of aliphatic hydroxyl groups is 1. The van der Waals surface area contributed by atoms with Crippen molar-refractivity contribution in [3.05, 3.63) is 29.8 Å². The van der Waals surface area contributed by atoms with E-state index in [0.717, 1.165) is 0 Å². The van der Waals surface area contributed by atoms with Crippen molar-refractivity contribution in [2.75, 3.05) is 13.1 Å². The van der Waals surface area contributed by atoms with Crippen molar-refractivity contribution in [3.8, 4) is 5.75 Å². The molecule has 6 heteroatoms.